The molecule has 0 aromatic heterocycles. The zero-order valence-electron chi connectivity index (χ0n) is 3.96. The van der Waals surface area contributed by atoms with Crippen LogP contribution in [0.4, 0.5) is 0 Å². The highest BCUT2D eigenvalue weighted by atomic mass is 32.2. The highest BCUT2D eigenvalue weighted by Crippen LogP contribution is 2.15. The predicted octanol–water partition coefficient (Wildman–Crippen LogP) is 1.30. The zero-order chi connectivity index (χ0) is 5.11. The van der Waals surface area contributed by atoms with E-state index in [2.05, 4.69) is 16.5 Å². The first-order chi connectivity index (χ1) is 3.43. The second-order valence-corrected chi connectivity index (χ2v) is 2.98. The van der Waals surface area contributed by atoms with Crippen molar-refractivity contribution in [3.05, 3.63) is 0 Å². The maximum atomic E-state index is 4.62. The standard InChI is InChI=1S/C4H7NS2/c6-4-7-5-2-1-3-5/h4H,1-3H2. The third-order valence-corrected chi connectivity index (χ3v) is 2.01. The molecule has 1 saturated heterocycles. The van der Waals surface area contributed by atoms with E-state index < -0.39 is 0 Å². The topological polar surface area (TPSA) is 3.24 Å². The molecule has 0 aromatic carbocycles. The molecule has 40 valence electrons. The lowest BCUT2D eigenvalue weighted by atomic mass is 10.3. The number of hydrogen-bond acceptors (Lipinski definition) is 3. The van der Waals surface area contributed by atoms with E-state index in [1.165, 1.54) is 19.5 Å². The second kappa shape index (κ2) is 2.64. The van der Waals surface area contributed by atoms with Gasteiger partial charge in [-0.3, -0.25) is 0 Å². The minimum atomic E-state index is 1.22. The van der Waals surface area contributed by atoms with Crippen LogP contribution in [0.5, 0.6) is 0 Å². The van der Waals surface area contributed by atoms with Crippen molar-refractivity contribution in [3.63, 3.8) is 0 Å². The molecule has 0 radical (unpaired) electrons. The van der Waals surface area contributed by atoms with Crippen molar-refractivity contribution in [3.8, 4) is 0 Å². The van der Waals surface area contributed by atoms with E-state index in [4.69, 9.17) is 0 Å². The van der Waals surface area contributed by atoms with Gasteiger partial charge in [-0.05, 0) is 18.4 Å². The van der Waals surface area contributed by atoms with Crippen molar-refractivity contribution >= 4 is 28.9 Å². The Morgan fingerprint density at radius 2 is 2.29 bits per heavy atom. The van der Waals surface area contributed by atoms with Gasteiger partial charge in [0.15, 0.2) is 0 Å². The van der Waals surface area contributed by atoms with Gasteiger partial charge < -0.3 is 0 Å². The highest BCUT2D eigenvalue weighted by Gasteiger charge is 2.11. The van der Waals surface area contributed by atoms with Crippen LogP contribution in [0.1, 0.15) is 6.42 Å². The van der Waals surface area contributed by atoms with Crippen molar-refractivity contribution in [2.24, 2.45) is 0 Å². The molecular weight excluding hydrogens is 126 g/mol. The first kappa shape index (κ1) is 5.54. The smallest absolute Gasteiger partial charge is 0.0499 e. The van der Waals surface area contributed by atoms with Crippen LogP contribution in [-0.2, 0) is 0 Å². The normalized spacial score (nSPS) is 21.1. The average Bonchev–Trinajstić information content (AvgIpc) is 1.55. The molecule has 1 aliphatic heterocycles. The Hall–Kier alpha value is 0.400. The minimum absolute atomic E-state index is 1.22. The molecular formula is C4H7NS2. The Morgan fingerprint density at radius 1 is 1.57 bits per heavy atom. The van der Waals surface area contributed by atoms with Crippen LogP contribution < -0.4 is 0 Å². The fourth-order valence-corrected chi connectivity index (χ4v) is 1.41. The van der Waals surface area contributed by atoms with Gasteiger partial charge in [-0.1, -0.05) is 12.2 Å². The summed E-state index contributed by atoms with van der Waals surface area (Å²) in [6, 6.07) is 0. The maximum absolute atomic E-state index is 4.62. The van der Waals surface area contributed by atoms with Gasteiger partial charge >= 0.3 is 0 Å². The van der Waals surface area contributed by atoms with Crippen LogP contribution >= 0.6 is 24.2 Å². The molecule has 0 atom stereocenters. The predicted molar refractivity (Wildman–Crippen MR) is 37.4 cm³/mol. The molecule has 7 heavy (non-hydrogen) atoms. The molecule has 3 heteroatoms. The van der Waals surface area contributed by atoms with Gasteiger partial charge in [0.2, 0.25) is 0 Å². The molecule has 1 heterocycles. The molecule has 0 N–H and O–H groups in total. The van der Waals surface area contributed by atoms with E-state index in [0.29, 0.717) is 0 Å². The van der Waals surface area contributed by atoms with Crippen LogP contribution in [-0.4, -0.2) is 22.1 Å². The molecule has 0 saturated carbocycles. The van der Waals surface area contributed by atoms with Crippen molar-refractivity contribution in [2.45, 2.75) is 6.42 Å². The molecule has 0 spiro atoms. The largest absolute Gasteiger partial charge is 0.246 e. The number of hydrogen-bond donors (Lipinski definition) is 0. The Morgan fingerprint density at radius 3 is 2.43 bits per heavy atom. The van der Waals surface area contributed by atoms with Gasteiger partial charge in [0.05, 0.1) is 0 Å². The van der Waals surface area contributed by atoms with Crippen LogP contribution in [0.3, 0.4) is 0 Å². The summed E-state index contributed by atoms with van der Waals surface area (Å²) in [6.07, 6.45) is 1.34. The van der Waals surface area contributed by atoms with Crippen LogP contribution in [0, 0.1) is 0 Å². The van der Waals surface area contributed by atoms with E-state index in [1.54, 1.807) is 16.6 Å². The summed E-state index contributed by atoms with van der Waals surface area (Å²) >= 11 is 6.27. The van der Waals surface area contributed by atoms with Gasteiger partial charge in [0.25, 0.3) is 0 Å². The lowest BCUT2D eigenvalue weighted by Gasteiger charge is -2.26. The van der Waals surface area contributed by atoms with Crippen LogP contribution in [0.25, 0.3) is 0 Å². The molecule has 0 aromatic rings. The first-order valence-electron chi connectivity index (χ1n) is 2.29. The summed E-state index contributed by atoms with van der Waals surface area (Å²) in [5, 5.41) is 0. The Labute approximate surface area is 53.2 Å². The first-order valence-corrected chi connectivity index (χ1v) is 3.59. The van der Waals surface area contributed by atoms with Gasteiger partial charge in [-0.15, -0.1) is 0 Å². The van der Waals surface area contributed by atoms with Crippen LogP contribution in [0.2, 0.25) is 0 Å². The minimum Gasteiger partial charge on any atom is -0.246 e. The van der Waals surface area contributed by atoms with Crippen molar-refractivity contribution in [2.75, 3.05) is 13.1 Å². The fourth-order valence-electron chi connectivity index (χ4n) is 0.453. The number of thiocarbonyl (C=S) groups is 1. The van der Waals surface area contributed by atoms with Gasteiger partial charge in [0, 0.05) is 17.8 Å². The molecule has 1 rings (SSSR count). The van der Waals surface area contributed by atoms with E-state index >= 15 is 0 Å². The Bertz CT molecular complexity index is 70.1. The Kier molecular flexibility index (Phi) is 2.09. The fraction of sp³-hybridized carbons (Fsp3) is 0.750. The van der Waals surface area contributed by atoms with Gasteiger partial charge in [-0.25, -0.2) is 4.31 Å². The van der Waals surface area contributed by atoms with E-state index in [9.17, 15) is 0 Å². The summed E-state index contributed by atoms with van der Waals surface area (Å²) in [6.45, 7) is 2.44. The highest BCUT2D eigenvalue weighted by molar-refractivity contribution is 8.19. The summed E-state index contributed by atoms with van der Waals surface area (Å²) in [5.41, 5.74) is 0. The SMILES string of the molecule is S=CSN1CCC1. The average molecular weight is 133 g/mol. The van der Waals surface area contributed by atoms with Gasteiger partial charge in [0.1, 0.15) is 0 Å². The van der Waals surface area contributed by atoms with E-state index in [1.807, 2.05) is 0 Å². The Balaban J connectivity index is 2.03. The second-order valence-electron chi connectivity index (χ2n) is 1.48. The van der Waals surface area contributed by atoms with E-state index in [0.717, 1.165) is 0 Å². The summed E-state index contributed by atoms with van der Waals surface area (Å²) in [5.74, 6) is 0. The molecule has 1 nitrogen and oxygen atoms in total. The number of rotatable bonds is 2. The van der Waals surface area contributed by atoms with Crippen molar-refractivity contribution < 1.29 is 0 Å². The molecule has 0 amide bonds. The molecule has 1 fully saturated rings. The number of nitrogens with zero attached hydrogens (tertiary/aromatic N) is 1. The lowest BCUT2D eigenvalue weighted by molar-refractivity contribution is 0.347. The zero-order valence-corrected chi connectivity index (χ0v) is 5.60. The summed E-state index contributed by atoms with van der Waals surface area (Å²) in [7, 11) is 0. The third kappa shape index (κ3) is 1.40. The molecule has 1 aliphatic rings. The third-order valence-electron chi connectivity index (χ3n) is 1.01. The van der Waals surface area contributed by atoms with Crippen LogP contribution in [0.15, 0.2) is 0 Å². The summed E-state index contributed by atoms with van der Waals surface area (Å²) < 4.78 is 3.95. The quantitative estimate of drug-likeness (QED) is 0.413. The lowest BCUT2D eigenvalue weighted by Crippen LogP contribution is -2.30. The molecule has 0 unspecified atom stereocenters. The van der Waals surface area contributed by atoms with E-state index in [-0.39, 0.29) is 0 Å². The van der Waals surface area contributed by atoms with Crippen molar-refractivity contribution in [1.82, 2.24) is 4.31 Å². The van der Waals surface area contributed by atoms with Gasteiger partial charge in [-0.2, -0.15) is 0 Å². The summed E-state index contributed by atoms with van der Waals surface area (Å²) in [4.78, 5) is 0. The maximum Gasteiger partial charge on any atom is 0.0499 e. The molecule has 0 aliphatic carbocycles. The molecule has 0 bridgehead atoms. The van der Waals surface area contributed by atoms with Crippen molar-refractivity contribution in [1.29, 1.82) is 0 Å². The monoisotopic (exact) mass is 133 g/mol.